The molecule has 0 aromatic heterocycles. The second-order valence-corrected chi connectivity index (χ2v) is 4.25. The first-order chi connectivity index (χ1) is 8.95. The van der Waals surface area contributed by atoms with E-state index in [2.05, 4.69) is 10.1 Å². The molecular weight excluding hydrogens is 246 g/mol. The second kappa shape index (κ2) is 6.63. The number of amides is 1. The maximum atomic E-state index is 11.7. The number of ether oxygens (including phenoxy) is 1. The lowest BCUT2D eigenvalue weighted by Gasteiger charge is -2.13. The number of nitrogens with two attached hydrogens (primary N) is 1. The Bertz CT molecular complexity index is 472. The van der Waals surface area contributed by atoms with Crippen molar-refractivity contribution >= 4 is 23.3 Å². The van der Waals surface area contributed by atoms with E-state index >= 15 is 0 Å². The van der Waals surface area contributed by atoms with Crippen LogP contribution in [0.25, 0.3) is 0 Å². The second-order valence-electron chi connectivity index (χ2n) is 4.25. The number of nitrogens with zero attached hydrogens (tertiary/aromatic N) is 1. The molecule has 104 valence electrons. The molecule has 3 N–H and O–H groups in total. The maximum Gasteiger partial charge on any atom is 0.307 e. The minimum absolute atomic E-state index is 0.104. The SMILES string of the molecule is COC(=O)CCNc1ccc(C(=O)N(C)C)cc1N. The van der Waals surface area contributed by atoms with E-state index in [4.69, 9.17) is 5.73 Å². The van der Waals surface area contributed by atoms with Crippen LogP contribution in [0.1, 0.15) is 16.8 Å². The monoisotopic (exact) mass is 265 g/mol. The van der Waals surface area contributed by atoms with Crippen LogP contribution in [0.2, 0.25) is 0 Å². The number of hydrogen-bond acceptors (Lipinski definition) is 5. The fourth-order valence-electron chi connectivity index (χ4n) is 1.52. The number of carbonyl (C=O) groups excluding carboxylic acids is 2. The van der Waals surface area contributed by atoms with Gasteiger partial charge in [-0.2, -0.15) is 0 Å². The predicted molar refractivity (Wildman–Crippen MR) is 74.0 cm³/mol. The van der Waals surface area contributed by atoms with Crippen LogP contribution < -0.4 is 11.1 Å². The first-order valence-corrected chi connectivity index (χ1v) is 5.87. The average molecular weight is 265 g/mol. The van der Waals surface area contributed by atoms with Gasteiger partial charge in [-0.3, -0.25) is 9.59 Å². The third-order valence-electron chi connectivity index (χ3n) is 2.58. The summed E-state index contributed by atoms with van der Waals surface area (Å²) >= 11 is 0. The summed E-state index contributed by atoms with van der Waals surface area (Å²) in [5, 5.41) is 3.02. The Morgan fingerprint density at radius 1 is 1.37 bits per heavy atom. The fraction of sp³-hybridized carbons (Fsp3) is 0.385. The van der Waals surface area contributed by atoms with Crippen LogP contribution >= 0.6 is 0 Å². The highest BCUT2D eigenvalue weighted by Gasteiger charge is 2.10. The molecule has 0 saturated carbocycles. The molecule has 0 atom stereocenters. The van der Waals surface area contributed by atoms with Gasteiger partial charge in [0.1, 0.15) is 0 Å². The summed E-state index contributed by atoms with van der Waals surface area (Å²) in [6.45, 7) is 0.428. The summed E-state index contributed by atoms with van der Waals surface area (Å²) in [7, 11) is 4.71. The predicted octanol–water partition coefficient (Wildman–Crippen LogP) is 0.946. The van der Waals surface area contributed by atoms with Crippen molar-refractivity contribution in [3.63, 3.8) is 0 Å². The number of benzene rings is 1. The van der Waals surface area contributed by atoms with E-state index in [1.165, 1.54) is 12.0 Å². The van der Waals surface area contributed by atoms with Gasteiger partial charge in [-0.05, 0) is 18.2 Å². The van der Waals surface area contributed by atoms with Gasteiger partial charge >= 0.3 is 5.97 Å². The zero-order chi connectivity index (χ0) is 14.4. The maximum absolute atomic E-state index is 11.7. The van der Waals surface area contributed by atoms with Gasteiger partial charge in [-0.15, -0.1) is 0 Å². The number of methoxy groups -OCH3 is 1. The number of anilines is 2. The summed E-state index contributed by atoms with van der Waals surface area (Å²) in [5.74, 6) is -0.390. The molecule has 6 nitrogen and oxygen atoms in total. The van der Waals surface area contributed by atoms with Crippen LogP contribution in [0.5, 0.6) is 0 Å². The van der Waals surface area contributed by atoms with Gasteiger partial charge in [0.15, 0.2) is 0 Å². The molecule has 0 heterocycles. The standard InChI is InChI=1S/C13H19N3O3/c1-16(2)13(18)9-4-5-11(10(14)8-9)15-7-6-12(17)19-3/h4-5,8,15H,6-7,14H2,1-3H3. The van der Waals surface area contributed by atoms with Crippen LogP contribution in [0.3, 0.4) is 0 Å². The molecular formula is C13H19N3O3. The largest absolute Gasteiger partial charge is 0.469 e. The van der Waals surface area contributed by atoms with Crippen molar-refractivity contribution in [1.82, 2.24) is 4.90 Å². The highest BCUT2D eigenvalue weighted by atomic mass is 16.5. The zero-order valence-electron chi connectivity index (χ0n) is 11.4. The quantitative estimate of drug-likeness (QED) is 0.611. The Morgan fingerprint density at radius 2 is 2.05 bits per heavy atom. The lowest BCUT2D eigenvalue weighted by molar-refractivity contribution is -0.140. The first-order valence-electron chi connectivity index (χ1n) is 5.87. The number of carbonyl (C=O) groups is 2. The van der Waals surface area contributed by atoms with E-state index in [9.17, 15) is 9.59 Å². The molecule has 0 radical (unpaired) electrons. The van der Waals surface area contributed by atoms with Crippen LogP contribution in [0, 0.1) is 0 Å². The summed E-state index contributed by atoms with van der Waals surface area (Å²) < 4.78 is 4.53. The van der Waals surface area contributed by atoms with E-state index in [0.29, 0.717) is 23.5 Å². The van der Waals surface area contributed by atoms with Crippen molar-refractivity contribution in [1.29, 1.82) is 0 Å². The van der Waals surface area contributed by atoms with E-state index in [-0.39, 0.29) is 18.3 Å². The highest BCUT2D eigenvalue weighted by Crippen LogP contribution is 2.20. The molecule has 19 heavy (non-hydrogen) atoms. The van der Waals surface area contributed by atoms with Crippen LogP contribution in [0.4, 0.5) is 11.4 Å². The van der Waals surface area contributed by atoms with Gasteiger partial charge in [0.25, 0.3) is 5.91 Å². The molecule has 1 aromatic rings. The average Bonchev–Trinajstić information content (AvgIpc) is 2.39. The van der Waals surface area contributed by atoms with E-state index < -0.39 is 0 Å². The Hall–Kier alpha value is -2.24. The Kier molecular flexibility index (Phi) is 5.17. The lowest BCUT2D eigenvalue weighted by Crippen LogP contribution is -2.21. The van der Waals surface area contributed by atoms with Gasteiger partial charge in [0.2, 0.25) is 0 Å². The highest BCUT2D eigenvalue weighted by molar-refractivity contribution is 5.95. The van der Waals surface area contributed by atoms with E-state index in [1.54, 1.807) is 32.3 Å². The van der Waals surface area contributed by atoms with Crippen molar-refractivity contribution in [2.45, 2.75) is 6.42 Å². The molecule has 1 aromatic carbocycles. The van der Waals surface area contributed by atoms with E-state index in [1.807, 2.05) is 0 Å². The summed E-state index contributed by atoms with van der Waals surface area (Å²) in [6.07, 6.45) is 0.258. The van der Waals surface area contributed by atoms with Crippen LogP contribution in [-0.2, 0) is 9.53 Å². The van der Waals surface area contributed by atoms with Gasteiger partial charge in [-0.25, -0.2) is 0 Å². The van der Waals surface area contributed by atoms with Gasteiger partial charge < -0.3 is 20.7 Å². The molecule has 6 heteroatoms. The van der Waals surface area contributed by atoms with Crippen molar-refractivity contribution in [2.24, 2.45) is 0 Å². The number of esters is 1. The number of nitrogens with one attached hydrogen (secondary N) is 1. The van der Waals surface area contributed by atoms with Crippen molar-refractivity contribution in [3.05, 3.63) is 23.8 Å². The normalized spacial score (nSPS) is 9.84. The first kappa shape index (κ1) is 14.8. The molecule has 0 spiro atoms. The topological polar surface area (TPSA) is 84.7 Å². The fourth-order valence-corrected chi connectivity index (χ4v) is 1.52. The molecule has 0 aliphatic heterocycles. The van der Waals surface area contributed by atoms with E-state index in [0.717, 1.165) is 0 Å². The molecule has 0 saturated heterocycles. The Morgan fingerprint density at radius 3 is 2.58 bits per heavy atom. The molecule has 1 rings (SSSR count). The van der Waals surface area contributed by atoms with Crippen LogP contribution in [-0.4, -0.2) is 44.5 Å². The molecule has 0 unspecified atom stereocenters. The van der Waals surface area contributed by atoms with Gasteiger partial charge in [0.05, 0.1) is 24.9 Å². The van der Waals surface area contributed by atoms with Gasteiger partial charge in [0, 0.05) is 26.2 Å². The third kappa shape index (κ3) is 4.17. The van der Waals surface area contributed by atoms with Crippen molar-refractivity contribution in [3.8, 4) is 0 Å². The molecule has 0 fully saturated rings. The van der Waals surface area contributed by atoms with Crippen LogP contribution in [0.15, 0.2) is 18.2 Å². The van der Waals surface area contributed by atoms with Crippen molar-refractivity contribution < 1.29 is 14.3 Å². The third-order valence-corrected chi connectivity index (χ3v) is 2.58. The lowest BCUT2D eigenvalue weighted by atomic mass is 10.1. The molecule has 0 aliphatic carbocycles. The Labute approximate surface area is 112 Å². The minimum Gasteiger partial charge on any atom is -0.469 e. The smallest absolute Gasteiger partial charge is 0.307 e. The molecule has 1 amide bonds. The van der Waals surface area contributed by atoms with Crippen molar-refractivity contribution in [2.75, 3.05) is 38.8 Å². The zero-order valence-corrected chi connectivity index (χ0v) is 11.4. The number of hydrogen-bond donors (Lipinski definition) is 2. The molecule has 0 bridgehead atoms. The Balaban J connectivity index is 2.67. The number of nitrogen functional groups attached to an aromatic ring is 1. The summed E-state index contributed by atoms with van der Waals surface area (Å²) in [5.41, 5.74) is 7.55. The number of rotatable bonds is 5. The summed E-state index contributed by atoms with van der Waals surface area (Å²) in [6, 6.07) is 5.03. The minimum atomic E-state index is -0.287. The summed E-state index contributed by atoms with van der Waals surface area (Å²) in [4.78, 5) is 24.2. The molecule has 0 aliphatic rings. The van der Waals surface area contributed by atoms with Gasteiger partial charge in [-0.1, -0.05) is 0 Å².